The van der Waals surface area contributed by atoms with Crippen molar-refractivity contribution < 1.29 is 0 Å². The van der Waals surface area contributed by atoms with E-state index in [1.54, 1.807) is 12.1 Å². The third kappa shape index (κ3) is 1.72. The Balaban J connectivity index is 2.40. The van der Waals surface area contributed by atoms with Crippen LogP contribution in [0.1, 0.15) is 12.8 Å². The molecule has 0 N–H and O–H groups in total. The van der Waals surface area contributed by atoms with Crippen molar-refractivity contribution in [2.75, 3.05) is 18.0 Å². The summed E-state index contributed by atoms with van der Waals surface area (Å²) in [5.74, 6) is 0. The van der Waals surface area contributed by atoms with Crippen LogP contribution in [0, 0.1) is 0 Å². The molecule has 0 radical (unpaired) electrons. The molecule has 0 aliphatic carbocycles. The number of hydrogen-bond donors (Lipinski definition) is 0. The smallest absolute Gasteiger partial charge is 0.201 e. The van der Waals surface area contributed by atoms with Gasteiger partial charge in [-0.3, -0.25) is 4.79 Å². The summed E-state index contributed by atoms with van der Waals surface area (Å²) in [7, 11) is 0. The lowest BCUT2D eigenvalue weighted by Gasteiger charge is -2.14. The second-order valence-electron chi connectivity index (χ2n) is 3.35. The van der Waals surface area contributed by atoms with Crippen molar-refractivity contribution in [1.82, 2.24) is 0 Å². The lowest BCUT2D eigenvalue weighted by molar-refractivity contribution is 0.949. The SMILES string of the molecule is O=c1cccccc1N1CCCC1. The van der Waals surface area contributed by atoms with Crippen molar-refractivity contribution >= 4 is 5.69 Å². The molecule has 1 saturated heterocycles. The fourth-order valence-electron chi connectivity index (χ4n) is 1.74. The van der Waals surface area contributed by atoms with Gasteiger partial charge in [0.2, 0.25) is 5.43 Å². The standard InChI is InChI=1S/C11H13NO/c13-11-7-3-1-2-6-10(11)12-8-4-5-9-12/h1-3,6-7H,4-5,8-9H2. The predicted molar refractivity (Wildman–Crippen MR) is 54.2 cm³/mol. The van der Waals surface area contributed by atoms with Crippen molar-refractivity contribution in [3.8, 4) is 0 Å². The molecule has 1 aromatic rings. The van der Waals surface area contributed by atoms with E-state index in [9.17, 15) is 4.79 Å². The maximum Gasteiger partial charge on any atom is 0.201 e. The summed E-state index contributed by atoms with van der Waals surface area (Å²) in [6, 6.07) is 9.15. The van der Waals surface area contributed by atoms with Gasteiger partial charge in [-0.15, -0.1) is 0 Å². The first kappa shape index (κ1) is 8.30. The minimum atomic E-state index is 0.131. The van der Waals surface area contributed by atoms with Crippen LogP contribution in [0.4, 0.5) is 5.69 Å². The molecule has 0 bridgehead atoms. The Labute approximate surface area is 77.8 Å². The molecule has 68 valence electrons. The number of rotatable bonds is 1. The molecular formula is C11H13NO. The largest absolute Gasteiger partial charge is 0.368 e. The molecule has 1 aromatic carbocycles. The lowest BCUT2D eigenvalue weighted by Crippen LogP contribution is -2.22. The topological polar surface area (TPSA) is 20.3 Å². The van der Waals surface area contributed by atoms with Crippen LogP contribution < -0.4 is 10.3 Å². The monoisotopic (exact) mass is 175 g/mol. The summed E-state index contributed by atoms with van der Waals surface area (Å²) in [4.78, 5) is 13.7. The maximum absolute atomic E-state index is 11.6. The zero-order chi connectivity index (χ0) is 9.10. The van der Waals surface area contributed by atoms with Crippen LogP contribution in [0.5, 0.6) is 0 Å². The van der Waals surface area contributed by atoms with Gasteiger partial charge in [-0.2, -0.15) is 0 Å². The van der Waals surface area contributed by atoms with Gasteiger partial charge in [0.15, 0.2) is 0 Å². The van der Waals surface area contributed by atoms with Crippen LogP contribution in [0.2, 0.25) is 0 Å². The Morgan fingerprint density at radius 1 is 1.00 bits per heavy atom. The molecule has 1 aliphatic heterocycles. The van der Waals surface area contributed by atoms with Gasteiger partial charge in [0.25, 0.3) is 0 Å². The first-order chi connectivity index (χ1) is 6.38. The van der Waals surface area contributed by atoms with Gasteiger partial charge in [-0.05, 0) is 25.0 Å². The van der Waals surface area contributed by atoms with Gasteiger partial charge in [-0.25, -0.2) is 0 Å². The minimum Gasteiger partial charge on any atom is -0.368 e. The quantitative estimate of drug-likeness (QED) is 0.646. The highest BCUT2D eigenvalue weighted by Gasteiger charge is 2.13. The molecule has 1 aliphatic rings. The van der Waals surface area contributed by atoms with Crippen molar-refractivity contribution in [3.63, 3.8) is 0 Å². The van der Waals surface area contributed by atoms with Gasteiger partial charge >= 0.3 is 0 Å². The normalized spacial score (nSPS) is 16.2. The van der Waals surface area contributed by atoms with Crippen LogP contribution in [0.15, 0.2) is 35.1 Å². The number of nitrogens with zero attached hydrogens (tertiary/aromatic N) is 1. The van der Waals surface area contributed by atoms with Gasteiger partial charge in [-0.1, -0.05) is 18.2 Å². The van der Waals surface area contributed by atoms with E-state index >= 15 is 0 Å². The Hall–Kier alpha value is -1.31. The molecule has 0 saturated carbocycles. The summed E-state index contributed by atoms with van der Waals surface area (Å²) >= 11 is 0. The molecule has 2 nitrogen and oxygen atoms in total. The second-order valence-corrected chi connectivity index (χ2v) is 3.35. The highest BCUT2D eigenvalue weighted by molar-refractivity contribution is 5.45. The van der Waals surface area contributed by atoms with E-state index in [1.165, 1.54) is 12.8 Å². The average Bonchev–Trinajstić information content (AvgIpc) is 2.56. The summed E-state index contributed by atoms with van der Waals surface area (Å²) in [6.45, 7) is 2.05. The van der Waals surface area contributed by atoms with Crippen molar-refractivity contribution in [2.24, 2.45) is 0 Å². The molecule has 0 spiro atoms. The van der Waals surface area contributed by atoms with Crippen LogP contribution in [-0.4, -0.2) is 13.1 Å². The molecular weight excluding hydrogens is 162 g/mol. The fourth-order valence-corrected chi connectivity index (χ4v) is 1.74. The Morgan fingerprint density at radius 3 is 2.46 bits per heavy atom. The highest BCUT2D eigenvalue weighted by Crippen LogP contribution is 2.14. The molecule has 0 atom stereocenters. The third-order valence-corrected chi connectivity index (χ3v) is 2.42. The highest BCUT2D eigenvalue weighted by atomic mass is 16.1. The second kappa shape index (κ2) is 3.60. The molecule has 2 heteroatoms. The third-order valence-electron chi connectivity index (χ3n) is 2.42. The zero-order valence-corrected chi connectivity index (χ0v) is 7.57. The van der Waals surface area contributed by atoms with E-state index in [2.05, 4.69) is 4.90 Å². The van der Waals surface area contributed by atoms with Gasteiger partial charge in [0, 0.05) is 13.1 Å². The van der Waals surface area contributed by atoms with Gasteiger partial charge in [0.05, 0.1) is 5.69 Å². The van der Waals surface area contributed by atoms with E-state index in [0.29, 0.717) is 0 Å². The van der Waals surface area contributed by atoms with Gasteiger partial charge < -0.3 is 4.90 Å². The molecule has 0 unspecified atom stereocenters. The van der Waals surface area contributed by atoms with Crippen molar-refractivity contribution in [1.29, 1.82) is 0 Å². The van der Waals surface area contributed by atoms with Gasteiger partial charge in [0.1, 0.15) is 0 Å². The Morgan fingerprint density at radius 2 is 1.69 bits per heavy atom. The number of anilines is 1. The Kier molecular flexibility index (Phi) is 2.30. The Bertz CT molecular complexity index is 342. The molecule has 0 aromatic heterocycles. The molecule has 1 heterocycles. The molecule has 2 rings (SSSR count). The van der Waals surface area contributed by atoms with E-state index in [1.807, 2.05) is 18.2 Å². The zero-order valence-electron chi connectivity index (χ0n) is 7.57. The van der Waals surface area contributed by atoms with Crippen LogP contribution >= 0.6 is 0 Å². The summed E-state index contributed by atoms with van der Waals surface area (Å²) in [5.41, 5.74) is 0.981. The molecule has 0 amide bonds. The predicted octanol–water partition coefficient (Wildman–Crippen LogP) is 1.65. The summed E-state index contributed by atoms with van der Waals surface area (Å²) < 4.78 is 0. The molecule has 13 heavy (non-hydrogen) atoms. The maximum atomic E-state index is 11.6. The lowest BCUT2D eigenvalue weighted by atomic mass is 10.4. The summed E-state index contributed by atoms with van der Waals surface area (Å²) in [5, 5.41) is 0. The van der Waals surface area contributed by atoms with Crippen molar-refractivity contribution in [3.05, 3.63) is 40.6 Å². The van der Waals surface area contributed by atoms with E-state index in [-0.39, 0.29) is 5.43 Å². The van der Waals surface area contributed by atoms with E-state index in [4.69, 9.17) is 0 Å². The van der Waals surface area contributed by atoms with E-state index < -0.39 is 0 Å². The summed E-state index contributed by atoms with van der Waals surface area (Å²) in [6.07, 6.45) is 2.41. The number of hydrogen-bond acceptors (Lipinski definition) is 2. The first-order valence-electron chi connectivity index (χ1n) is 4.72. The molecule has 1 fully saturated rings. The van der Waals surface area contributed by atoms with E-state index in [0.717, 1.165) is 18.8 Å². The average molecular weight is 175 g/mol. The van der Waals surface area contributed by atoms with Crippen LogP contribution in [0.3, 0.4) is 0 Å². The fraction of sp³-hybridized carbons (Fsp3) is 0.364. The minimum absolute atomic E-state index is 0.131. The van der Waals surface area contributed by atoms with Crippen LogP contribution in [0.25, 0.3) is 0 Å². The first-order valence-corrected chi connectivity index (χ1v) is 4.72. The van der Waals surface area contributed by atoms with Crippen molar-refractivity contribution in [2.45, 2.75) is 12.8 Å². The van der Waals surface area contributed by atoms with Crippen LogP contribution in [-0.2, 0) is 0 Å².